The van der Waals surface area contributed by atoms with Gasteiger partial charge in [-0.3, -0.25) is 0 Å². The van der Waals surface area contributed by atoms with Gasteiger partial charge in [0.1, 0.15) is 0 Å². The van der Waals surface area contributed by atoms with E-state index >= 15 is 0 Å². The molecule has 8 heteroatoms. The van der Waals surface area contributed by atoms with Gasteiger partial charge in [0.2, 0.25) is 0 Å². The normalized spacial score (nSPS) is 10.3. The van der Waals surface area contributed by atoms with Gasteiger partial charge in [-0.05, 0) is 6.07 Å². The van der Waals surface area contributed by atoms with Gasteiger partial charge < -0.3 is 9.84 Å². The molecule has 124 valence electrons. The Kier molecular flexibility index (Phi) is 4.14. The van der Waals surface area contributed by atoms with E-state index in [0.29, 0.717) is 5.56 Å². The van der Waals surface area contributed by atoms with E-state index < -0.39 is 11.8 Å². The number of carboxylic acid groups (broad SMARTS) is 1. The first-order chi connectivity index (χ1) is 12.0. The number of benzene rings is 1. The standard InChI is InChI=1S/C17H11FN4O3/c1-25-14-4-2-3-12(16(14)18)13-8-20-15(5-10(13)6-19)22-9-11(7-21-22)17(23)24/h2-5,7-9H,1H3,(H,23,24). The smallest absolute Gasteiger partial charge is 0.338 e. The van der Waals surface area contributed by atoms with E-state index in [2.05, 4.69) is 10.1 Å². The predicted octanol–water partition coefficient (Wildman–Crippen LogP) is 2.65. The van der Waals surface area contributed by atoms with E-state index in [1.54, 1.807) is 6.07 Å². The minimum atomic E-state index is -1.12. The maximum Gasteiger partial charge on any atom is 0.338 e. The number of rotatable bonds is 4. The third-order valence-corrected chi connectivity index (χ3v) is 3.55. The zero-order valence-electron chi connectivity index (χ0n) is 13.0. The Morgan fingerprint density at radius 1 is 1.36 bits per heavy atom. The average molecular weight is 338 g/mol. The third-order valence-electron chi connectivity index (χ3n) is 3.55. The van der Waals surface area contributed by atoms with Crippen molar-refractivity contribution in [3.63, 3.8) is 0 Å². The molecule has 25 heavy (non-hydrogen) atoms. The molecule has 0 aliphatic rings. The fourth-order valence-corrected chi connectivity index (χ4v) is 2.31. The zero-order valence-corrected chi connectivity index (χ0v) is 13.0. The largest absolute Gasteiger partial charge is 0.494 e. The zero-order chi connectivity index (χ0) is 18.0. The Balaban J connectivity index is 2.09. The molecular weight excluding hydrogens is 327 g/mol. The summed E-state index contributed by atoms with van der Waals surface area (Å²) in [6.45, 7) is 0. The molecule has 1 N–H and O–H groups in total. The number of halogens is 1. The number of nitriles is 1. The fraction of sp³-hybridized carbons (Fsp3) is 0.0588. The van der Waals surface area contributed by atoms with Gasteiger partial charge in [-0.15, -0.1) is 0 Å². The van der Waals surface area contributed by atoms with Crippen LogP contribution in [-0.4, -0.2) is 33.0 Å². The highest BCUT2D eigenvalue weighted by Crippen LogP contribution is 2.31. The maximum atomic E-state index is 14.4. The summed E-state index contributed by atoms with van der Waals surface area (Å²) in [5, 5.41) is 22.2. The number of aromatic nitrogens is 3. The lowest BCUT2D eigenvalue weighted by molar-refractivity contribution is 0.0697. The Hall–Kier alpha value is -3.73. The van der Waals surface area contributed by atoms with E-state index in [1.165, 1.54) is 48.6 Å². The molecule has 0 aliphatic carbocycles. The maximum absolute atomic E-state index is 14.4. The van der Waals surface area contributed by atoms with Crippen molar-refractivity contribution in [2.75, 3.05) is 7.11 Å². The van der Waals surface area contributed by atoms with E-state index in [4.69, 9.17) is 9.84 Å². The molecule has 0 fully saturated rings. The Morgan fingerprint density at radius 2 is 2.16 bits per heavy atom. The summed E-state index contributed by atoms with van der Waals surface area (Å²) in [5.74, 6) is -1.41. The van der Waals surface area contributed by atoms with Crippen molar-refractivity contribution < 1.29 is 19.0 Å². The summed E-state index contributed by atoms with van der Waals surface area (Å²) in [4.78, 5) is 15.1. The number of carboxylic acids is 1. The lowest BCUT2D eigenvalue weighted by Crippen LogP contribution is -2.01. The van der Waals surface area contributed by atoms with Crippen LogP contribution in [0.2, 0.25) is 0 Å². The van der Waals surface area contributed by atoms with Crippen LogP contribution >= 0.6 is 0 Å². The van der Waals surface area contributed by atoms with Crippen LogP contribution in [0.25, 0.3) is 16.9 Å². The van der Waals surface area contributed by atoms with E-state index in [-0.39, 0.29) is 28.3 Å². The van der Waals surface area contributed by atoms with Crippen LogP contribution in [0.4, 0.5) is 4.39 Å². The minimum Gasteiger partial charge on any atom is -0.494 e. The van der Waals surface area contributed by atoms with Crippen LogP contribution < -0.4 is 4.74 Å². The van der Waals surface area contributed by atoms with Gasteiger partial charge in [-0.2, -0.15) is 10.4 Å². The summed E-state index contributed by atoms with van der Waals surface area (Å²) >= 11 is 0. The van der Waals surface area contributed by atoms with Crippen molar-refractivity contribution in [2.45, 2.75) is 0 Å². The molecule has 3 rings (SSSR count). The van der Waals surface area contributed by atoms with Crippen molar-refractivity contribution >= 4 is 5.97 Å². The molecule has 0 unspecified atom stereocenters. The molecule has 0 aliphatic heterocycles. The number of pyridine rings is 1. The first-order valence-corrected chi connectivity index (χ1v) is 7.06. The van der Waals surface area contributed by atoms with Crippen molar-refractivity contribution in [1.82, 2.24) is 14.8 Å². The van der Waals surface area contributed by atoms with Crippen LogP contribution in [0.1, 0.15) is 15.9 Å². The molecule has 0 bridgehead atoms. The van der Waals surface area contributed by atoms with Crippen LogP contribution in [0, 0.1) is 17.1 Å². The van der Waals surface area contributed by atoms with E-state index in [0.717, 1.165) is 0 Å². The Bertz CT molecular complexity index is 1010. The first-order valence-electron chi connectivity index (χ1n) is 7.06. The molecule has 2 heterocycles. The second-order valence-electron chi connectivity index (χ2n) is 5.00. The van der Waals surface area contributed by atoms with Crippen LogP contribution in [0.15, 0.2) is 42.9 Å². The number of methoxy groups -OCH3 is 1. The lowest BCUT2D eigenvalue weighted by Gasteiger charge is -2.10. The Morgan fingerprint density at radius 3 is 2.80 bits per heavy atom. The molecule has 0 saturated heterocycles. The van der Waals surface area contributed by atoms with Crippen LogP contribution in [0.5, 0.6) is 5.75 Å². The van der Waals surface area contributed by atoms with Crippen LogP contribution in [-0.2, 0) is 0 Å². The van der Waals surface area contributed by atoms with Gasteiger partial charge in [0.25, 0.3) is 0 Å². The number of ether oxygens (including phenoxy) is 1. The second kappa shape index (κ2) is 6.41. The monoisotopic (exact) mass is 338 g/mol. The van der Waals surface area contributed by atoms with Gasteiger partial charge in [0.15, 0.2) is 17.4 Å². The van der Waals surface area contributed by atoms with Gasteiger partial charge >= 0.3 is 5.97 Å². The van der Waals surface area contributed by atoms with Crippen molar-refractivity contribution in [1.29, 1.82) is 5.26 Å². The number of carbonyl (C=O) groups is 1. The van der Waals surface area contributed by atoms with Crippen molar-refractivity contribution in [3.05, 3.63) is 59.8 Å². The quantitative estimate of drug-likeness (QED) is 0.785. The van der Waals surface area contributed by atoms with E-state index in [1.807, 2.05) is 6.07 Å². The molecule has 2 aromatic heterocycles. The molecule has 0 spiro atoms. The highest BCUT2D eigenvalue weighted by molar-refractivity contribution is 5.87. The van der Waals surface area contributed by atoms with Crippen LogP contribution in [0.3, 0.4) is 0 Å². The Labute approximate surface area is 141 Å². The van der Waals surface area contributed by atoms with Crippen molar-refractivity contribution in [3.8, 4) is 28.8 Å². The second-order valence-corrected chi connectivity index (χ2v) is 5.00. The summed E-state index contributed by atoms with van der Waals surface area (Å²) in [7, 11) is 1.35. The van der Waals surface area contributed by atoms with Gasteiger partial charge in [0.05, 0.1) is 30.5 Å². The number of nitrogens with zero attached hydrogens (tertiary/aromatic N) is 4. The van der Waals surface area contributed by atoms with E-state index in [9.17, 15) is 14.4 Å². The van der Waals surface area contributed by atoms with Gasteiger partial charge in [-0.25, -0.2) is 18.9 Å². The molecule has 0 amide bonds. The molecular formula is C17H11FN4O3. The SMILES string of the molecule is COc1cccc(-c2cnc(-n3cc(C(=O)O)cn3)cc2C#N)c1F. The highest BCUT2D eigenvalue weighted by atomic mass is 19.1. The molecule has 1 aromatic carbocycles. The summed E-state index contributed by atoms with van der Waals surface area (Å²) < 4.78 is 20.6. The average Bonchev–Trinajstić information content (AvgIpc) is 3.12. The third kappa shape index (κ3) is 2.90. The topological polar surface area (TPSA) is 101 Å². The molecule has 0 saturated carbocycles. The fourth-order valence-electron chi connectivity index (χ4n) is 2.31. The highest BCUT2D eigenvalue weighted by Gasteiger charge is 2.16. The molecule has 3 aromatic rings. The minimum absolute atomic E-state index is 0.0109. The lowest BCUT2D eigenvalue weighted by atomic mass is 10.0. The summed E-state index contributed by atoms with van der Waals surface area (Å²) in [6, 6.07) is 8.01. The van der Waals surface area contributed by atoms with Gasteiger partial charge in [0, 0.05) is 29.6 Å². The number of aromatic carboxylic acids is 1. The summed E-state index contributed by atoms with van der Waals surface area (Å²) in [5.41, 5.74) is 0.641. The number of hydrogen-bond acceptors (Lipinski definition) is 5. The molecule has 0 atom stereocenters. The van der Waals surface area contributed by atoms with Gasteiger partial charge in [-0.1, -0.05) is 12.1 Å². The first kappa shape index (κ1) is 16.1. The predicted molar refractivity (Wildman–Crippen MR) is 85.0 cm³/mol. The van der Waals surface area contributed by atoms with Crippen molar-refractivity contribution in [2.24, 2.45) is 0 Å². The number of hydrogen-bond donors (Lipinski definition) is 1. The summed E-state index contributed by atoms with van der Waals surface area (Å²) in [6.07, 6.45) is 3.79. The molecule has 0 radical (unpaired) electrons. The molecule has 7 nitrogen and oxygen atoms in total.